The van der Waals surface area contributed by atoms with Gasteiger partial charge in [-0.1, -0.05) is 18.2 Å². The molecule has 0 fully saturated rings. The highest BCUT2D eigenvalue weighted by molar-refractivity contribution is 7.92. The number of nitrogens with zero attached hydrogens (tertiary/aromatic N) is 1. The number of hydrogen-bond acceptors (Lipinski definition) is 6. The highest BCUT2D eigenvalue weighted by Gasteiger charge is 2.21. The van der Waals surface area contributed by atoms with Crippen molar-refractivity contribution < 1.29 is 22.9 Å². The summed E-state index contributed by atoms with van der Waals surface area (Å²) in [6, 6.07) is 16.7. The molecule has 0 aliphatic carbocycles. The van der Waals surface area contributed by atoms with E-state index in [1.54, 1.807) is 18.2 Å². The molecule has 0 unspecified atom stereocenters. The third-order valence-corrected chi connectivity index (χ3v) is 6.32. The van der Waals surface area contributed by atoms with Crippen LogP contribution in [0.5, 0.6) is 5.75 Å². The van der Waals surface area contributed by atoms with Gasteiger partial charge in [0.2, 0.25) is 0 Å². The minimum Gasteiger partial charge on any atom is -0.474 e. The maximum atomic E-state index is 12.7. The van der Waals surface area contributed by atoms with Crippen molar-refractivity contribution in [1.29, 1.82) is 0 Å². The van der Waals surface area contributed by atoms with E-state index >= 15 is 0 Å². The van der Waals surface area contributed by atoms with E-state index in [2.05, 4.69) is 10.0 Å². The summed E-state index contributed by atoms with van der Waals surface area (Å²) in [6.45, 7) is 5.29. The molecule has 10 heteroatoms. The SMILES string of the molecule is Cc1ccc(NS(=O)(=O)c2ccc(NC(=O)[C@H](C)Oc3ccccc3[N+](=O)[O-])cc2)cc1C. The smallest absolute Gasteiger partial charge is 0.310 e. The Morgan fingerprint density at radius 2 is 1.61 bits per heavy atom. The monoisotopic (exact) mass is 469 g/mol. The van der Waals surface area contributed by atoms with Gasteiger partial charge in [0.1, 0.15) is 0 Å². The molecule has 3 aromatic rings. The second-order valence-corrected chi connectivity index (χ2v) is 9.09. The molecule has 1 amide bonds. The molecule has 0 aliphatic rings. The number of hydrogen-bond donors (Lipinski definition) is 2. The molecule has 2 N–H and O–H groups in total. The first-order valence-electron chi connectivity index (χ1n) is 9.98. The van der Waals surface area contributed by atoms with Gasteiger partial charge in [-0.15, -0.1) is 0 Å². The lowest BCUT2D eigenvalue weighted by atomic mass is 10.1. The summed E-state index contributed by atoms with van der Waals surface area (Å²) in [5.41, 5.74) is 2.58. The molecule has 0 aromatic heterocycles. The van der Waals surface area contributed by atoms with Crippen LogP contribution in [0.2, 0.25) is 0 Å². The molecule has 0 saturated heterocycles. The van der Waals surface area contributed by atoms with E-state index in [0.717, 1.165) is 11.1 Å². The Kier molecular flexibility index (Phi) is 6.98. The van der Waals surface area contributed by atoms with Gasteiger partial charge in [-0.3, -0.25) is 19.6 Å². The first-order chi connectivity index (χ1) is 15.6. The van der Waals surface area contributed by atoms with E-state index in [0.29, 0.717) is 11.4 Å². The van der Waals surface area contributed by atoms with Gasteiger partial charge in [0.25, 0.3) is 15.9 Å². The molecule has 0 radical (unpaired) electrons. The quantitative estimate of drug-likeness (QED) is 0.371. The van der Waals surface area contributed by atoms with Gasteiger partial charge in [0.05, 0.1) is 9.82 Å². The standard InChI is InChI=1S/C23H23N3O6S/c1-15-8-9-19(14-16(15)2)25-33(30,31)20-12-10-18(11-13-20)24-23(27)17(3)32-22-7-5-4-6-21(22)26(28)29/h4-14,17,25H,1-3H3,(H,24,27)/t17-/m0/s1. The number of nitro groups is 1. The van der Waals surface area contributed by atoms with E-state index in [1.165, 1.54) is 49.4 Å². The Labute approximate surface area is 191 Å². The molecule has 33 heavy (non-hydrogen) atoms. The number of anilines is 2. The van der Waals surface area contributed by atoms with Gasteiger partial charge in [0.15, 0.2) is 11.9 Å². The molecule has 1 atom stereocenters. The third kappa shape index (κ3) is 5.86. The molecule has 172 valence electrons. The lowest BCUT2D eigenvalue weighted by molar-refractivity contribution is -0.386. The Hall–Kier alpha value is -3.92. The van der Waals surface area contributed by atoms with E-state index in [4.69, 9.17) is 4.74 Å². The lowest BCUT2D eigenvalue weighted by Gasteiger charge is -2.15. The van der Waals surface area contributed by atoms with Crippen molar-refractivity contribution in [2.45, 2.75) is 31.8 Å². The molecule has 0 heterocycles. The van der Waals surface area contributed by atoms with E-state index < -0.39 is 27.0 Å². The van der Waals surface area contributed by atoms with Crippen LogP contribution in [0, 0.1) is 24.0 Å². The van der Waals surface area contributed by atoms with Gasteiger partial charge in [0, 0.05) is 17.4 Å². The first kappa shape index (κ1) is 23.7. The fraction of sp³-hybridized carbons (Fsp3) is 0.174. The Morgan fingerprint density at radius 3 is 2.24 bits per heavy atom. The largest absolute Gasteiger partial charge is 0.474 e. The minimum absolute atomic E-state index is 0.0241. The van der Waals surface area contributed by atoms with Crippen LogP contribution in [-0.4, -0.2) is 25.4 Å². The van der Waals surface area contributed by atoms with Crippen LogP contribution < -0.4 is 14.8 Å². The number of carbonyl (C=O) groups excluding carboxylic acids is 1. The number of sulfonamides is 1. The number of benzene rings is 3. The van der Waals surface area contributed by atoms with Gasteiger partial charge >= 0.3 is 5.69 Å². The van der Waals surface area contributed by atoms with E-state index in [9.17, 15) is 23.3 Å². The average Bonchev–Trinajstić information content (AvgIpc) is 2.76. The zero-order chi connectivity index (χ0) is 24.2. The van der Waals surface area contributed by atoms with E-state index in [-0.39, 0.29) is 16.3 Å². The number of carbonyl (C=O) groups is 1. The lowest BCUT2D eigenvalue weighted by Crippen LogP contribution is -2.30. The molecular formula is C23H23N3O6S. The molecule has 9 nitrogen and oxygen atoms in total. The summed E-state index contributed by atoms with van der Waals surface area (Å²) < 4.78 is 33.3. The predicted octanol–water partition coefficient (Wildman–Crippen LogP) is 4.42. The fourth-order valence-electron chi connectivity index (χ4n) is 2.93. The van der Waals surface area contributed by atoms with Crippen LogP contribution in [0.25, 0.3) is 0 Å². The summed E-state index contributed by atoms with van der Waals surface area (Å²) in [5, 5.41) is 13.7. The summed E-state index contributed by atoms with van der Waals surface area (Å²) in [7, 11) is -3.81. The van der Waals surface area contributed by atoms with Gasteiger partial charge in [-0.05, 0) is 74.4 Å². The highest BCUT2D eigenvalue weighted by atomic mass is 32.2. The number of rotatable bonds is 8. The van der Waals surface area contributed by atoms with Crippen LogP contribution in [0.3, 0.4) is 0 Å². The Morgan fingerprint density at radius 1 is 0.970 bits per heavy atom. The topological polar surface area (TPSA) is 128 Å². The van der Waals surface area contributed by atoms with Crippen molar-refractivity contribution in [3.8, 4) is 5.75 Å². The zero-order valence-corrected chi connectivity index (χ0v) is 19.0. The normalized spacial score (nSPS) is 12.0. The zero-order valence-electron chi connectivity index (χ0n) is 18.2. The Bertz CT molecular complexity index is 1290. The number of aryl methyl sites for hydroxylation is 2. The number of nitrogens with one attached hydrogen (secondary N) is 2. The van der Waals surface area contributed by atoms with Gasteiger partial charge < -0.3 is 10.1 Å². The van der Waals surface area contributed by atoms with Crippen molar-refractivity contribution in [2.75, 3.05) is 10.0 Å². The molecule has 0 spiro atoms. The Balaban J connectivity index is 1.66. The van der Waals surface area contributed by atoms with Crippen LogP contribution in [0.4, 0.5) is 17.1 Å². The number of amides is 1. The van der Waals surface area contributed by atoms with Gasteiger partial charge in [-0.25, -0.2) is 8.42 Å². The van der Waals surface area contributed by atoms with Crippen molar-refractivity contribution in [2.24, 2.45) is 0 Å². The first-order valence-corrected chi connectivity index (χ1v) is 11.5. The number of nitro benzene ring substituents is 1. The summed E-state index contributed by atoms with van der Waals surface area (Å²) in [5.74, 6) is -0.568. The average molecular weight is 470 g/mol. The predicted molar refractivity (Wildman–Crippen MR) is 125 cm³/mol. The molecule has 3 rings (SSSR count). The molecule has 3 aromatic carbocycles. The highest BCUT2D eigenvalue weighted by Crippen LogP contribution is 2.27. The van der Waals surface area contributed by atoms with Crippen LogP contribution >= 0.6 is 0 Å². The molecule has 0 bridgehead atoms. The van der Waals surface area contributed by atoms with Crippen molar-refractivity contribution in [3.05, 3.63) is 88.0 Å². The van der Waals surface area contributed by atoms with Crippen LogP contribution in [0.15, 0.2) is 71.6 Å². The van der Waals surface area contributed by atoms with E-state index in [1.807, 2.05) is 19.9 Å². The molecule has 0 saturated carbocycles. The fourth-order valence-corrected chi connectivity index (χ4v) is 3.98. The van der Waals surface area contributed by atoms with Crippen LogP contribution in [0.1, 0.15) is 18.1 Å². The summed E-state index contributed by atoms with van der Waals surface area (Å²) in [6.07, 6.45) is -1.03. The minimum atomic E-state index is -3.81. The summed E-state index contributed by atoms with van der Waals surface area (Å²) in [4.78, 5) is 23.0. The second-order valence-electron chi connectivity index (χ2n) is 7.40. The van der Waals surface area contributed by atoms with Gasteiger partial charge in [-0.2, -0.15) is 0 Å². The van der Waals surface area contributed by atoms with Crippen molar-refractivity contribution >= 4 is 33.0 Å². The summed E-state index contributed by atoms with van der Waals surface area (Å²) >= 11 is 0. The second kappa shape index (κ2) is 9.70. The maximum Gasteiger partial charge on any atom is 0.310 e. The number of para-hydroxylation sites is 2. The molecular weight excluding hydrogens is 446 g/mol. The maximum absolute atomic E-state index is 12.7. The van der Waals surface area contributed by atoms with Crippen LogP contribution in [-0.2, 0) is 14.8 Å². The number of ether oxygens (including phenoxy) is 1. The molecule has 0 aliphatic heterocycles. The van der Waals surface area contributed by atoms with Crippen molar-refractivity contribution in [1.82, 2.24) is 0 Å². The third-order valence-electron chi connectivity index (χ3n) is 4.93. The van der Waals surface area contributed by atoms with Crippen molar-refractivity contribution in [3.63, 3.8) is 0 Å².